The van der Waals surface area contributed by atoms with E-state index in [2.05, 4.69) is 8.80 Å². The van der Waals surface area contributed by atoms with Gasteiger partial charge in [-0.25, -0.2) is 0 Å². The van der Waals surface area contributed by atoms with Crippen LogP contribution in [0.5, 0.6) is 11.5 Å². The lowest BCUT2D eigenvalue weighted by atomic mass is 10.1. The van der Waals surface area contributed by atoms with Crippen molar-refractivity contribution < 1.29 is 26.3 Å². The standard InChI is InChI=1S/C20H17ClN2O6S2/c1-28-15-4-8-17(9-5-15)30(24,25)22-14-3-12-20(19(21)13-14)23-31(26,27)18-10-6-16(29-2)7-11-18/h3-13H,1-2H3/b22-14+,23-20-. The topological polar surface area (TPSA) is 111 Å². The Morgan fingerprint density at radius 3 is 1.58 bits per heavy atom. The highest BCUT2D eigenvalue weighted by Crippen LogP contribution is 2.22. The molecule has 1 aliphatic rings. The van der Waals surface area contributed by atoms with Crippen molar-refractivity contribution in [2.24, 2.45) is 8.80 Å². The van der Waals surface area contributed by atoms with Crippen LogP contribution in [-0.2, 0) is 20.0 Å². The fourth-order valence-electron chi connectivity index (χ4n) is 2.50. The Morgan fingerprint density at radius 1 is 0.710 bits per heavy atom. The minimum atomic E-state index is -4.03. The predicted molar refractivity (Wildman–Crippen MR) is 118 cm³/mol. The zero-order chi connectivity index (χ0) is 22.6. The molecule has 0 saturated heterocycles. The molecular weight excluding hydrogens is 464 g/mol. The van der Waals surface area contributed by atoms with E-state index in [1.165, 1.54) is 81.0 Å². The highest BCUT2D eigenvalue weighted by atomic mass is 35.5. The SMILES string of the molecule is COc1ccc(S(=O)(=O)/N=C2C=C/C(=N\S(=O)(=O)c3ccc(OC)cc3)C=C/2Cl)cc1. The summed E-state index contributed by atoms with van der Waals surface area (Å²) in [5.74, 6) is 1.01. The summed E-state index contributed by atoms with van der Waals surface area (Å²) in [5.41, 5.74) is -0.0140. The van der Waals surface area contributed by atoms with Crippen LogP contribution in [0.15, 0.2) is 90.4 Å². The first-order chi connectivity index (χ1) is 14.6. The van der Waals surface area contributed by atoms with Gasteiger partial charge in [0.05, 0.1) is 40.5 Å². The smallest absolute Gasteiger partial charge is 0.282 e. The van der Waals surface area contributed by atoms with Crippen molar-refractivity contribution in [3.63, 3.8) is 0 Å². The molecule has 0 unspecified atom stereocenters. The fraction of sp³-hybridized carbons (Fsp3) is 0.100. The van der Waals surface area contributed by atoms with Gasteiger partial charge < -0.3 is 9.47 Å². The first kappa shape index (κ1) is 22.7. The Labute approximate surface area is 185 Å². The van der Waals surface area contributed by atoms with Crippen LogP contribution in [0.1, 0.15) is 0 Å². The summed E-state index contributed by atoms with van der Waals surface area (Å²) in [5, 5.41) is -0.0664. The van der Waals surface area contributed by atoms with Crippen molar-refractivity contribution in [2.45, 2.75) is 9.79 Å². The van der Waals surface area contributed by atoms with Crippen molar-refractivity contribution in [1.29, 1.82) is 0 Å². The summed E-state index contributed by atoms with van der Waals surface area (Å²) < 4.78 is 67.5. The molecule has 0 heterocycles. The molecule has 11 heteroatoms. The molecule has 0 radical (unpaired) electrons. The normalized spacial score (nSPS) is 16.9. The Hall–Kier alpha value is -2.95. The molecule has 0 atom stereocenters. The first-order valence-electron chi connectivity index (χ1n) is 8.68. The molecule has 2 aromatic carbocycles. The molecule has 162 valence electrons. The molecule has 2 aromatic rings. The Morgan fingerprint density at radius 2 is 1.16 bits per heavy atom. The van der Waals surface area contributed by atoms with Crippen LogP contribution in [-0.4, -0.2) is 42.5 Å². The van der Waals surface area contributed by atoms with Crippen LogP contribution in [0.2, 0.25) is 0 Å². The highest BCUT2D eigenvalue weighted by molar-refractivity contribution is 7.90. The van der Waals surface area contributed by atoms with Gasteiger partial charge in [0.15, 0.2) is 0 Å². The van der Waals surface area contributed by atoms with Crippen LogP contribution in [0.3, 0.4) is 0 Å². The Balaban J connectivity index is 1.87. The van der Waals surface area contributed by atoms with Gasteiger partial charge in [-0.05, 0) is 66.8 Å². The number of rotatable bonds is 6. The van der Waals surface area contributed by atoms with Crippen LogP contribution in [0, 0.1) is 0 Å². The minimum Gasteiger partial charge on any atom is -0.497 e. The lowest BCUT2D eigenvalue weighted by Gasteiger charge is -2.08. The molecule has 1 aliphatic carbocycles. The van der Waals surface area contributed by atoms with E-state index >= 15 is 0 Å². The lowest BCUT2D eigenvalue weighted by molar-refractivity contribution is 0.414. The summed E-state index contributed by atoms with van der Waals surface area (Å²) in [6.45, 7) is 0. The maximum Gasteiger partial charge on any atom is 0.282 e. The molecule has 0 amide bonds. The molecular formula is C20H17ClN2O6S2. The number of halogens is 1. The summed E-state index contributed by atoms with van der Waals surface area (Å²) in [6, 6.07) is 11.4. The van der Waals surface area contributed by atoms with Gasteiger partial charge in [-0.3, -0.25) is 0 Å². The minimum absolute atomic E-state index is 0.0275. The Bertz CT molecular complexity index is 1310. The van der Waals surface area contributed by atoms with Crippen molar-refractivity contribution in [3.05, 3.63) is 71.8 Å². The molecule has 0 aromatic heterocycles. The summed E-state index contributed by atoms with van der Waals surface area (Å²) >= 11 is 6.14. The molecule has 0 N–H and O–H groups in total. The molecule has 3 rings (SSSR count). The molecule has 0 saturated carbocycles. The van der Waals surface area contributed by atoms with Crippen molar-refractivity contribution >= 4 is 43.1 Å². The van der Waals surface area contributed by atoms with E-state index in [-0.39, 0.29) is 26.2 Å². The Kier molecular flexibility index (Phi) is 6.63. The third-order valence-electron chi connectivity index (χ3n) is 4.09. The number of allylic oxidation sites excluding steroid dienone is 4. The fourth-order valence-corrected chi connectivity index (χ4v) is 4.74. The van der Waals surface area contributed by atoms with Gasteiger partial charge in [0.1, 0.15) is 11.5 Å². The quantitative estimate of drug-likeness (QED) is 0.586. The average molecular weight is 481 g/mol. The van der Waals surface area contributed by atoms with Crippen molar-refractivity contribution in [1.82, 2.24) is 0 Å². The van der Waals surface area contributed by atoms with Gasteiger partial charge in [-0.2, -0.15) is 25.6 Å². The number of nitrogens with zero attached hydrogens (tertiary/aromatic N) is 2. The summed E-state index contributed by atoms with van der Waals surface area (Å²) in [6.07, 6.45) is 3.83. The monoisotopic (exact) mass is 480 g/mol. The van der Waals surface area contributed by atoms with Crippen molar-refractivity contribution in [2.75, 3.05) is 14.2 Å². The number of hydrogen-bond donors (Lipinski definition) is 0. The zero-order valence-electron chi connectivity index (χ0n) is 16.4. The summed E-state index contributed by atoms with van der Waals surface area (Å²) in [4.78, 5) is -0.0690. The van der Waals surface area contributed by atoms with Crippen LogP contribution < -0.4 is 9.47 Å². The van der Waals surface area contributed by atoms with E-state index in [9.17, 15) is 16.8 Å². The van der Waals surface area contributed by atoms with Crippen LogP contribution >= 0.6 is 11.6 Å². The van der Waals surface area contributed by atoms with E-state index < -0.39 is 20.0 Å². The third kappa shape index (κ3) is 5.40. The average Bonchev–Trinajstić information content (AvgIpc) is 2.75. The molecule has 0 bridgehead atoms. The second-order valence-corrected chi connectivity index (χ2v) is 9.73. The second-order valence-electron chi connectivity index (χ2n) is 6.12. The number of ether oxygens (including phenoxy) is 2. The van der Waals surface area contributed by atoms with Crippen LogP contribution in [0.4, 0.5) is 0 Å². The van der Waals surface area contributed by atoms with E-state index in [0.29, 0.717) is 11.5 Å². The van der Waals surface area contributed by atoms with Crippen molar-refractivity contribution in [3.8, 4) is 11.5 Å². The first-order valence-corrected chi connectivity index (χ1v) is 11.9. The van der Waals surface area contributed by atoms with Gasteiger partial charge in [-0.15, -0.1) is 0 Å². The zero-order valence-corrected chi connectivity index (χ0v) is 18.8. The van der Waals surface area contributed by atoms with Gasteiger partial charge >= 0.3 is 0 Å². The predicted octanol–water partition coefficient (Wildman–Crippen LogP) is 3.36. The van der Waals surface area contributed by atoms with E-state index in [0.717, 1.165) is 0 Å². The number of methoxy groups -OCH3 is 2. The maximum atomic E-state index is 12.5. The van der Waals surface area contributed by atoms with Gasteiger partial charge in [0, 0.05) is 0 Å². The molecule has 0 spiro atoms. The maximum absolute atomic E-state index is 12.5. The van der Waals surface area contributed by atoms with E-state index in [1.54, 1.807) is 0 Å². The second kappa shape index (κ2) is 9.04. The molecule has 31 heavy (non-hydrogen) atoms. The molecule has 0 aliphatic heterocycles. The van der Waals surface area contributed by atoms with E-state index in [1.807, 2.05) is 0 Å². The molecule has 0 fully saturated rings. The molecule has 8 nitrogen and oxygen atoms in total. The lowest BCUT2D eigenvalue weighted by Crippen LogP contribution is -2.10. The third-order valence-corrected chi connectivity index (χ3v) is 7.02. The van der Waals surface area contributed by atoms with Gasteiger partial charge in [0.2, 0.25) is 0 Å². The van der Waals surface area contributed by atoms with Gasteiger partial charge in [-0.1, -0.05) is 11.6 Å². The van der Waals surface area contributed by atoms with Crippen LogP contribution in [0.25, 0.3) is 0 Å². The van der Waals surface area contributed by atoms with E-state index in [4.69, 9.17) is 21.1 Å². The van der Waals surface area contributed by atoms with Gasteiger partial charge in [0.25, 0.3) is 20.0 Å². The number of hydrogen-bond acceptors (Lipinski definition) is 6. The number of sulfonamides is 2. The largest absolute Gasteiger partial charge is 0.497 e. The summed E-state index contributed by atoms with van der Waals surface area (Å²) in [7, 11) is -5.10. The highest BCUT2D eigenvalue weighted by Gasteiger charge is 2.19. The number of benzene rings is 2.